The van der Waals surface area contributed by atoms with Gasteiger partial charge in [0.1, 0.15) is 5.75 Å². The second kappa shape index (κ2) is 10.8. The minimum Gasteiger partial charge on any atom is -0.493 e. The Balaban J connectivity index is 1.64. The van der Waals surface area contributed by atoms with Crippen molar-refractivity contribution >= 4 is 17.5 Å². The van der Waals surface area contributed by atoms with Crippen LogP contribution in [0.3, 0.4) is 0 Å². The van der Waals surface area contributed by atoms with Crippen LogP contribution in [0.1, 0.15) is 73.1 Å². The van der Waals surface area contributed by atoms with Crippen molar-refractivity contribution in [3.63, 3.8) is 0 Å². The van der Waals surface area contributed by atoms with Crippen molar-refractivity contribution in [1.29, 1.82) is 0 Å². The van der Waals surface area contributed by atoms with E-state index >= 15 is 0 Å². The number of hydrogen-bond acceptors (Lipinski definition) is 3. The van der Waals surface area contributed by atoms with Gasteiger partial charge in [0.05, 0.1) is 12.2 Å². The van der Waals surface area contributed by atoms with E-state index in [-0.39, 0.29) is 17.9 Å². The standard InChI is InChI=1S/C25H32N2O3/c1-18(2)15-16-30-23-14-7-6-13-22(23)25(29)27-21-12-8-9-19(17-21)24(28)26-20-10-4-3-5-11-20/h6-9,12-14,17-18,20H,3-5,10-11,15-16H2,1-2H3,(H,26,28)(H,27,29). The van der Waals surface area contributed by atoms with Crippen LogP contribution in [0.2, 0.25) is 0 Å². The van der Waals surface area contributed by atoms with E-state index < -0.39 is 0 Å². The summed E-state index contributed by atoms with van der Waals surface area (Å²) in [5.74, 6) is 0.769. The molecule has 0 saturated heterocycles. The molecule has 0 radical (unpaired) electrons. The van der Waals surface area contributed by atoms with Crippen LogP contribution in [0.15, 0.2) is 48.5 Å². The van der Waals surface area contributed by atoms with Crippen molar-refractivity contribution in [3.05, 3.63) is 59.7 Å². The Kier molecular flexibility index (Phi) is 7.89. The van der Waals surface area contributed by atoms with E-state index in [0.29, 0.717) is 35.1 Å². The van der Waals surface area contributed by atoms with Crippen LogP contribution in [-0.4, -0.2) is 24.5 Å². The molecule has 2 aromatic carbocycles. The first kappa shape index (κ1) is 21.9. The highest BCUT2D eigenvalue weighted by Crippen LogP contribution is 2.22. The molecule has 2 N–H and O–H groups in total. The predicted octanol–water partition coefficient (Wildman–Crippen LogP) is 5.43. The zero-order valence-corrected chi connectivity index (χ0v) is 17.9. The molecule has 1 aliphatic rings. The molecule has 0 aliphatic heterocycles. The molecule has 160 valence electrons. The van der Waals surface area contributed by atoms with Gasteiger partial charge in [-0.25, -0.2) is 0 Å². The number of carbonyl (C=O) groups excluding carboxylic acids is 2. The number of benzene rings is 2. The first-order valence-electron chi connectivity index (χ1n) is 11.0. The van der Waals surface area contributed by atoms with Crippen LogP contribution in [0.5, 0.6) is 5.75 Å². The van der Waals surface area contributed by atoms with Crippen LogP contribution in [0, 0.1) is 5.92 Å². The molecule has 3 rings (SSSR count). The van der Waals surface area contributed by atoms with Gasteiger partial charge in [-0.2, -0.15) is 0 Å². The molecule has 0 atom stereocenters. The van der Waals surface area contributed by atoms with Crippen LogP contribution in [-0.2, 0) is 0 Å². The lowest BCUT2D eigenvalue weighted by molar-refractivity contribution is 0.0926. The lowest BCUT2D eigenvalue weighted by Crippen LogP contribution is -2.36. The summed E-state index contributed by atoms with van der Waals surface area (Å²) in [5, 5.41) is 6.01. The van der Waals surface area contributed by atoms with Gasteiger partial charge in [-0.15, -0.1) is 0 Å². The van der Waals surface area contributed by atoms with E-state index in [9.17, 15) is 9.59 Å². The Labute approximate surface area is 179 Å². The van der Waals surface area contributed by atoms with E-state index in [1.54, 1.807) is 30.3 Å². The molecule has 0 heterocycles. The maximum Gasteiger partial charge on any atom is 0.259 e. The van der Waals surface area contributed by atoms with E-state index in [0.717, 1.165) is 19.3 Å². The molecule has 2 amide bonds. The Morgan fingerprint density at radius 1 is 1.00 bits per heavy atom. The molecule has 30 heavy (non-hydrogen) atoms. The lowest BCUT2D eigenvalue weighted by atomic mass is 9.95. The second-order valence-corrected chi connectivity index (χ2v) is 8.37. The number of rotatable bonds is 8. The zero-order chi connectivity index (χ0) is 21.3. The number of para-hydroxylation sites is 1. The topological polar surface area (TPSA) is 67.4 Å². The fourth-order valence-corrected chi connectivity index (χ4v) is 3.64. The van der Waals surface area contributed by atoms with Crippen LogP contribution in [0.25, 0.3) is 0 Å². The van der Waals surface area contributed by atoms with E-state index in [4.69, 9.17) is 4.74 Å². The van der Waals surface area contributed by atoms with Crippen LogP contribution < -0.4 is 15.4 Å². The molecule has 1 fully saturated rings. The molecule has 5 heteroatoms. The average molecular weight is 409 g/mol. The highest BCUT2D eigenvalue weighted by atomic mass is 16.5. The lowest BCUT2D eigenvalue weighted by Gasteiger charge is -2.22. The monoisotopic (exact) mass is 408 g/mol. The molecule has 0 spiro atoms. The van der Waals surface area contributed by atoms with Crippen molar-refractivity contribution < 1.29 is 14.3 Å². The second-order valence-electron chi connectivity index (χ2n) is 8.37. The van der Waals surface area contributed by atoms with Gasteiger partial charge in [-0.3, -0.25) is 9.59 Å². The molecule has 0 aromatic heterocycles. The fourth-order valence-electron chi connectivity index (χ4n) is 3.64. The van der Waals surface area contributed by atoms with Crippen molar-refractivity contribution in [2.24, 2.45) is 5.92 Å². The normalized spacial score (nSPS) is 14.4. The van der Waals surface area contributed by atoms with Gasteiger partial charge >= 0.3 is 0 Å². The number of carbonyl (C=O) groups is 2. The van der Waals surface area contributed by atoms with Gasteiger partial charge < -0.3 is 15.4 Å². The van der Waals surface area contributed by atoms with E-state index in [1.807, 2.05) is 18.2 Å². The first-order valence-corrected chi connectivity index (χ1v) is 11.0. The zero-order valence-electron chi connectivity index (χ0n) is 17.9. The summed E-state index contributed by atoms with van der Waals surface area (Å²) in [4.78, 5) is 25.4. The van der Waals surface area contributed by atoms with Gasteiger partial charge in [0.25, 0.3) is 11.8 Å². The number of hydrogen-bond donors (Lipinski definition) is 2. The van der Waals surface area contributed by atoms with Gasteiger partial charge in [0.15, 0.2) is 0 Å². The van der Waals surface area contributed by atoms with Crippen molar-refractivity contribution in [2.75, 3.05) is 11.9 Å². The average Bonchev–Trinajstić information content (AvgIpc) is 2.74. The largest absolute Gasteiger partial charge is 0.493 e. The van der Waals surface area contributed by atoms with Gasteiger partial charge in [0, 0.05) is 17.3 Å². The maximum atomic E-state index is 12.8. The molecule has 2 aromatic rings. The molecular formula is C25H32N2O3. The molecule has 0 unspecified atom stereocenters. The number of anilines is 1. The van der Waals surface area contributed by atoms with Gasteiger partial charge in [-0.1, -0.05) is 51.3 Å². The van der Waals surface area contributed by atoms with E-state index in [1.165, 1.54) is 19.3 Å². The minimum atomic E-state index is -0.250. The van der Waals surface area contributed by atoms with Gasteiger partial charge in [-0.05, 0) is 55.5 Å². The third-order valence-electron chi connectivity index (χ3n) is 5.41. The van der Waals surface area contributed by atoms with Crippen LogP contribution >= 0.6 is 0 Å². The quantitative estimate of drug-likeness (QED) is 0.612. The Morgan fingerprint density at radius 3 is 2.53 bits per heavy atom. The third kappa shape index (κ3) is 6.34. The smallest absolute Gasteiger partial charge is 0.259 e. The summed E-state index contributed by atoms with van der Waals surface area (Å²) in [6.07, 6.45) is 6.58. The predicted molar refractivity (Wildman–Crippen MR) is 120 cm³/mol. The fraction of sp³-hybridized carbons (Fsp3) is 0.440. The highest BCUT2D eigenvalue weighted by molar-refractivity contribution is 6.06. The number of amides is 2. The minimum absolute atomic E-state index is 0.0876. The number of nitrogens with one attached hydrogen (secondary N) is 2. The Hall–Kier alpha value is -2.82. The maximum absolute atomic E-state index is 12.8. The Bertz CT molecular complexity index is 857. The third-order valence-corrected chi connectivity index (χ3v) is 5.41. The van der Waals surface area contributed by atoms with Crippen molar-refractivity contribution in [3.8, 4) is 5.75 Å². The summed E-state index contributed by atoms with van der Waals surface area (Å²) in [6.45, 7) is 4.84. The molecule has 5 nitrogen and oxygen atoms in total. The van der Waals surface area contributed by atoms with Crippen molar-refractivity contribution in [2.45, 2.75) is 58.4 Å². The van der Waals surface area contributed by atoms with Gasteiger partial charge in [0.2, 0.25) is 0 Å². The SMILES string of the molecule is CC(C)CCOc1ccccc1C(=O)Nc1cccc(C(=O)NC2CCCCC2)c1. The highest BCUT2D eigenvalue weighted by Gasteiger charge is 2.17. The number of ether oxygens (including phenoxy) is 1. The van der Waals surface area contributed by atoms with E-state index in [2.05, 4.69) is 24.5 Å². The summed E-state index contributed by atoms with van der Waals surface area (Å²) in [6, 6.07) is 14.6. The molecule has 0 bridgehead atoms. The molecule has 1 saturated carbocycles. The van der Waals surface area contributed by atoms with Crippen LogP contribution in [0.4, 0.5) is 5.69 Å². The summed E-state index contributed by atoms with van der Waals surface area (Å²) < 4.78 is 5.83. The van der Waals surface area contributed by atoms with Crippen molar-refractivity contribution in [1.82, 2.24) is 5.32 Å². The summed E-state index contributed by atoms with van der Waals surface area (Å²) in [5.41, 5.74) is 1.63. The Morgan fingerprint density at radius 2 is 1.77 bits per heavy atom. The summed E-state index contributed by atoms with van der Waals surface area (Å²) in [7, 11) is 0. The summed E-state index contributed by atoms with van der Waals surface area (Å²) >= 11 is 0. The first-order chi connectivity index (χ1) is 14.5. The molecular weight excluding hydrogens is 376 g/mol. The molecule has 1 aliphatic carbocycles.